The smallest absolute Gasteiger partial charge is 0.298 e. The molecule has 0 fully saturated rings. The molecule has 0 saturated carbocycles. The molecule has 0 atom stereocenters. The van der Waals surface area contributed by atoms with Crippen molar-refractivity contribution in [1.82, 2.24) is 58.6 Å². The topological polar surface area (TPSA) is 174 Å². The van der Waals surface area contributed by atoms with Crippen LogP contribution < -0.4 is 11.1 Å². The molecule has 0 radical (unpaired) electrons. The molecule has 0 aliphatic rings. The van der Waals surface area contributed by atoms with Gasteiger partial charge in [-0.1, -0.05) is 19.1 Å². The van der Waals surface area contributed by atoms with Gasteiger partial charge in [0.2, 0.25) is 0 Å². The second-order valence-electron chi connectivity index (χ2n) is 7.95. The van der Waals surface area contributed by atoms with Gasteiger partial charge in [0.1, 0.15) is 24.0 Å². The molecular weight excluding hydrogens is 508 g/mol. The van der Waals surface area contributed by atoms with Gasteiger partial charge in [-0.05, 0) is 20.8 Å². The number of rotatable bonds is 4. The van der Waals surface area contributed by atoms with Crippen LogP contribution in [-0.4, -0.2) is 58.6 Å². The van der Waals surface area contributed by atoms with E-state index >= 15 is 0 Å². The summed E-state index contributed by atoms with van der Waals surface area (Å²) in [6.45, 7) is 10.4. The normalized spacial score (nSPS) is 10.8. The maximum atomic E-state index is 11.4. The predicted molar refractivity (Wildman–Crippen MR) is 145 cm³/mol. The second-order valence-corrected chi connectivity index (χ2v) is 8.33. The third-order valence-corrected chi connectivity index (χ3v) is 6.04. The van der Waals surface area contributed by atoms with Crippen LogP contribution in [0.4, 0.5) is 0 Å². The first-order valence-corrected chi connectivity index (χ1v) is 12.5. The molecule has 38 heavy (non-hydrogen) atoms. The van der Waals surface area contributed by atoms with Crippen LogP contribution in [0.15, 0.2) is 41.2 Å². The highest BCUT2D eigenvalue weighted by Crippen LogP contribution is 2.08. The number of fused-ring (bicyclic) bond motifs is 3. The highest BCUT2D eigenvalue weighted by Gasteiger charge is 2.08. The summed E-state index contributed by atoms with van der Waals surface area (Å²) in [5.41, 5.74) is 3.56. The zero-order valence-corrected chi connectivity index (χ0v) is 22.3. The molecule has 6 rings (SSSR count). The van der Waals surface area contributed by atoms with Gasteiger partial charge < -0.3 is 28.7 Å². The molecule has 6 heterocycles. The summed E-state index contributed by atoms with van der Waals surface area (Å²) in [5, 5.41) is 0. The van der Waals surface area contributed by atoms with Crippen molar-refractivity contribution < 1.29 is 0 Å². The highest BCUT2D eigenvalue weighted by atomic mass is 32.1. The van der Waals surface area contributed by atoms with Crippen LogP contribution in [0.2, 0.25) is 0 Å². The summed E-state index contributed by atoms with van der Waals surface area (Å²) in [5.74, 6) is 0.826. The van der Waals surface area contributed by atoms with Gasteiger partial charge >= 0.3 is 0 Å². The first-order valence-electron chi connectivity index (χ1n) is 12.1. The van der Waals surface area contributed by atoms with Crippen LogP contribution in [0.3, 0.4) is 0 Å². The van der Waals surface area contributed by atoms with Crippen molar-refractivity contribution >= 4 is 45.7 Å². The fourth-order valence-electron chi connectivity index (χ4n) is 3.68. The number of hydrogen-bond acceptors (Lipinski definition) is 9. The Labute approximate surface area is 220 Å². The third-order valence-electron chi connectivity index (χ3n) is 5.73. The van der Waals surface area contributed by atoms with Gasteiger partial charge in [0.25, 0.3) is 11.1 Å². The molecule has 3 N–H and O–H groups in total. The first-order chi connectivity index (χ1) is 18.4. The Morgan fingerprint density at radius 2 is 1.18 bits per heavy atom. The van der Waals surface area contributed by atoms with E-state index in [4.69, 9.17) is 12.2 Å². The van der Waals surface area contributed by atoms with E-state index in [-0.39, 0.29) is 11.1 Å². The highest BCUT2D eigenvalue weighted by molar-refractivity contribution is 7.71. The fraction of sp³-hybridized carbons (Fsp3) is 0.348. The quantitative estimate of drug-likeness (QED) is 0.286. The van der Waals surface area contributed by atoms with Crippen molar-refractivity contribution in [3.05, 3.63) is 62.8 Å². The Bertz CT molecular complexity index is 1770. The van der Waals surface area contributed by atoms with Crippen molar-refractivity contribution in [2.75, 3.05) is 0 Å². The molecule has 0 amide bonds. The molecule has 0 unspecified atom stereocenters. The van der Waals surface area contributed by atoms with Crippen LogP contribution in [0.1, 0.15) is 33.5 Å². The zero-order chi connectivity index (χ0) is 27.2. The SMILES string of the molecule is CCc1nc2c([nH]1)c(=O)ncn2CC.CCn1cnc(=O)c2[nH]cnc21.CCn1cnc(=S)c2[nH]cnc21. The van der Waals surface area contributed by atoms with Gasteiger partial charge in [0, 0.05) is 26.1 Å². The van der Waals surface area contributed by atoms with Gasteiger partial charge in [0.05, 0.1) is 19.0 Å². The van der Waals surface area contributed by atoms with E-state index < -0.39 is 0 Å². The summed E-state index contributed by atoms with van der Waals surface area (Å²) >= 11 is 5.02. The predicted octanol–water partition coefficient (Wildman–Crippen LogP) is 2.35. The summed E-state index contributed by atoms with van der Waals surface area (Å²) < 4.78 is 6.19. The van der Waals surface area contributed by atoms with Crippen LogP contribution in [-0.2, 0) is 26.1 Å². The zero-order valence-electron chi connectivity index (χ0n) is 21.5. The van der Waals surface area contributed by atoms with Crippen molar-refractivity contribution in [3.8, 4) is 0 Å². The average Bonchev–Trinajstić information content (AvgIpc) is 3.71. The lowest BCUT2D eigenvalue weighted by Crippen LogP contribution is -2.11. The van der Waals surface area contributed by atoms with Gasteiger partial charge in [-0.15, -0.1) is 0 Å². The number of H-pyrrole nitrogens is 3. The summed E-state index contributed by atoms with van der Waals surface area (Å²) in [7, 11) is 0. The number of hydrogen-bond donors (Lipinski definition) is 3. The minimum absolute atomic E-state index is 0.239. The van der Waals surface area contributed by atoms with E-state index in [0.29, 0.717) is 27.0 Å². The molecule has 0 bridgehead atoms. The second kappa shape index (κ2) is 11.7. The molecule has 0 aliphatic heterocycles. The molecule has 0 aliphatic carbocycles. The molecule has 0 spiro atoms. The lowest BCUT2D eigenvalue weighted by atomic mass is 10.5. The minimum Gasteiger partial charge on any atom is -0.341 e. The van der Waals surface area contributed by atoms with Crippen LogP contribution >= 0.6 is 12.2 Å². The van der Waals surface area contributed by atoms with Crippen molar-refractivity contribution in [2.45, 2.75) is 53.8 Å². The molecular formula is C23H28N12O2S. The summed E-state index contributed by atoms with van der Waals surface area (Å²) in [6.07, 6.45) is 8.67. The van der Waals surface area contributed by atoms with E-state index in [0.717, 1.165) is 43.0 Å². The lowest BCUT2D eigenvalue weighted by Gasteiger charge is -2.00. The van der Waals surface area contributed by atoms with Crippen LogP contribution in [0, 0.1) is 4.64 Å². The van der Waals surface area contributed by atoms with Crippen molar-refractivity contribution in [2.24, 2.45) is 0 Å². The average molecular weight is 537 g/mol. The minimum atomic E-state index is -0.257. The number of nitrogens with one attached hydrogen (secondary N) is 3. The fourth-order valence-corrected chi connectivity index (χ4v) is 3.88. The van der Waals surface area contributed by atoms with Crippen molar-refractivity contribution in [3.63, 3.8) is 0 Å². The number of nitrogens with zero attached hydrogens (tertiary/aromatic N) is 9. The Morgan fingerprint density at radius 3 is 1.76 bits per heavy atom. The standard InChI is InChI=1S/C9H12N4O.C7H8N4O.C7H8N4S/c1-3-6-11-7-8(12-6)13(4-2)5-10-9(7)14;2*1-2-11-4-10-7(12)5-6(11)9-3-8-5/h5H,3-4H2,1-2H3,(H,11,12);2*3-4H,2H2,1H3,(H,8,9). The molecule has 15 heteroatoms. The molecule has 14 nitrogen and oxygen atoms in total. The molecule has 198 valence electrons. The van der Waals surface area contributed by atoms with E-state index in [1.165, 1.54) is 19.0 Å². The summed E-state index contributed by atoms with van der Waals surface area (Å²) in [6, 6.07) is 0. The number of aromatic nitrogens is 12. The van der Waals surface area contributed by atoms with E-state index in [1.807, 2.05) is 41.4 Å². The molecule has 0 saturated heterocycles. The Hall–Kier alpha value is -4.53. The molecule has 6 aromatic heterocycles. The number of imidazole rings is 3. The Morgan fingerprint density at radius 1 is 0.684 bits per heavy atom. The van der Waals surface area contributed by atoms with E-state index in [2.05, 4.69) is 44.9 Å². The Kier molecular flexibility index (Phi) is 8.15. The summed E-state index contributed by atoms with van der Waals surface area (Å²) in [4.78, 5) is 55.2. The largest absolute Gasteiger partial charge is 0.341 e. The van der Waals surface area contributed by atoms with E-state index in [9.17, 15) is 9.59 Å². The van der Waals surface area contributed by atoms with Crippen LogP contribution in [0.5, 0.6) is 0 Å². The Balaban J connectivity index is 0.000000133. The van der Waals surface area contributed by atoms with Gasteiger partial charge in [-0.2, -0.15) is 9.97 Å². The lowest BCUT2D eigenvalue weighted by molar-refractivity contribution is 0.755. The van der Waals surface area contributed by atoms with E-state index in [1.54, 1.807) is 12.7 Å². The van der Waals surface area contributed by atoms with Gasteiger partial charge in [-0.25, -0.2) is 19.9 Å². The number of aromatic amines is 3. The first kappa shape index (κ1) is 26.5. The number of aryl methyl sites for hydroxylation is 4. The molecule has 0 aromatic carbocycles. The monoisotopic (exact) mass is 536 g/mol. The van der Waals surface area contributed by atoms with Crippen molar-refractivity contribution in [1.29, 1.82) is 0 Å². The molecule has 6 aromatic rings. The van der Waals surface area contributed by atoms with Crippen LogP contribution in [0.25, 0.3) is 33.5 Å². The maximum absolute atomic E-state index is 11.4. The maximum Gasteiger partial charge on any atom is 0.298 e. The van der Waals surface area contributed by atoms with Gasteiger partial charge in [0.15, 0.2) is 32.6 Å². The third kappa shape index (κ3) is 5.27. The van der Waals surface area contributed by atoms with Gasteiger partial charge in [-0.3, -0.25) is 9.59 Å².